The highest BCUT2D eigenvalue weighted by atomic mass is 16.5. The molecule has 0 amide bonds. The molecule has 0 aliphatic rings. The molecule has 0 spiro atoms. The standard InChI is InChI=1S/C16H15NO/c1-3-13-7-9-15(10-8-13)18-16-12(2)5-4-6-14(16)11-17/h4-10H,3H2,1-2H3. The van der Waals surface area contributed by atoms with Gasteiger partial charge in [0.25, 0.3) is 0 Å². The molecule has 2 aromatic carbocycles. The summed E-state index contributed by atoms with van der Waals surface area (Å²) < 4.78 is 5.81. The van der Waals surface area contributed by atoms with E-state index in [0.29, 0.717) is 11.3 Å². The highest BCUT2D eigenvalue weighted by Crippen LogP contribution is 2.28. The maximum atomic E-state index is 9.07. The smallest absolute Gasteiger partial charge is 0.148 e. The van der Waals surface area contributed by atoms with Gasteiger partial charge < -0.3 is 4.74 Å². The minimum atomic E-state index is 0.564. The first-order chi connectivity index (χ1) is 8.74. The fraction of sp³-hybridized carbons (Fsp3) is 0.188. The summed E-state index contributed by atoms with van der Waals surface area (Å²) in [5.41, 5.74) is 2.80. The summed E-state index contributed by atoms with van der Waals surface area (Å²) >= 11 is 0. The van der Waals surface area contributed by atoms with Crippen molar-refractivity contribution in [3.05, 3.63) is 59.2 Å². The summed E-state index contributed by atoms with van der Waals surface area (Å²) in [6, 6.07) is 15.7. The molecule has 0 radical (unpaired) electrons. The van der Waals surface area contributed by atoms with Gasteiger partial charge in [0.1, 0.15) is 17.6 Å². The second-order valence-electron chi connectivity index (χ2n) is 4.16. The topological polar surface area (TPSA) is 33.0 Å². The maximum Gasteiger partial charge on any atom is 0.148 e. The monoisotopic (exact) mass is 237 g/mol. The van der Waals surface area contributed by atoms with E-state index in [2.05, 4.69) is 13.0 Å². The van der Waals surface area contributed by atoms with Gasteiger partial charge in [-0.3, -0.25) is 0 Å². The Morgan fingerprint density at radius 1 is 1.11 bits per heavy atom. The van der Waals surface area contributed by atoms with E-state index in [1.54, 1.807) is 6.07 Å². The van der Waals surface area contributed by atoms with Crippen molar-refractivity contribution >= 4 is 0 Å². The van der Waals surface area contributed by atoms with Crippen molar-refractivity contribution in [2.75, 3.05) is 0 Å². The van der Waals surface area contributed by atoms with Crippen molar-refractivity contribution in [2.45, 2.75) is 20.3 Å². The van der Waals surface area contributed by atoms with Gasteiger partial charge in [-0.05, 0) is 42.7 Å². The van der Waals surface area contributed by atoms with Crippen LogP contribution in [0.1, 0.15) is 23.6 Å². The second kappa shape index (κ2) is 5.37. The molecule has 0 aromatic heterocycles. The molecular formula is C16H15NO. The number of ether oxygens (including phenoxy) is 1. The van der Waals surface area contributed by atoms with Crippen molar-refractivity contribution in [3.63, 3.8) is 0 Å². The molecule has 0 fully saturated rings. The highest BCUT2D eigenvalue weighted by molar-refractivity contribution is 5.50. The first-order valence-corrected chi connectivity index (χ1v) is 6.01. The van der Waals surface area contributed by atoms with E-state index >= 15 is 0 Å². The van der Waals surface area contributed by atoms with Crippen LogP contribution in [0.25, 0.3) is 0 Å². The van der Waals surface area contributed by atoms with E-state index < -0.39 is 0 Å². The molecule has 0 saturated heterocycles. The molecule has 0 saturated carbocycles. The molecule has 90 valence electrons. The lowest BCUT2D eigenvalue weighted by Gasteiger charge is -2.10. The van der Waals surface area contributed by atoms with Crippen LogP contribution in [0.4, 0.5) is 0 Å². The van der Waals surface area contributed by atoms with Crippen LogP contribution in [0.3, 0.4) is 0 Å². The van der Waals surface area contributed by atoms with Crippen molar-refractivity contribution < 1.29 is 4.74 Å². The summed E-state index contributed by atoms with van der Waals surface area (Å²) in [7, 11) is 0. The lowest BCUT2D eigenvalue weighted by molar-refractivity contribution is 0.477. The zero-order valence-corrected chi connectivity index (χ0v) is 10.6. The van der Waals surface area contributed by atoms with Crippen molar-refractivity contribution in [3.8, 4) is 17.6 Å². The Morgan fingerprint density at radius 2 is 1.83 bits per heavy atom. The third kappa shape index (κ3) is 2.52. The molecule has 0 heterocycles. The number of rotatable bonds is 3. The minimum absolute atomic E-state index is 0.564. The predicted octanol–water partition coefficient (Wildman–Crippen LogP) is 4.22. The average Bonchev–Trinajstić information content (AvgIpc) is 2.42. The summed E-state index contributed by atoms with van der Waals surface area (Å²) in [6.45, 7) is 4.06. The Hall–Kier alpha value is -2.27. The average molecular weight is 237 g/mol. The zero-order chi connectivity index (χ0) is 13.0. The number of benzene rings is 2. The Bertz CT molecular complexity index is 579. The number of nitrogens with zero attached hydrogens (tertiary/aromatic N) is 1. The van der Waals surface area contributed by atoms with Gasteiger partial charge in [0.2, 0.25) is 0 Å². The van der Waals surface area contributed by atoms with Gasteiger partial charge in [0.05, 0.1) is 5.56 Å². The van der Waals surface area contributed by atoms with E-state index in [1.165, 1.54) is 5.56 Å². The Balaban J connectivity index is 2.31. The predicted molar refractivity (Wildman–Crippen MR) is 71.8 cm³/mol. The summed E-state index contributed by atoms with van der Waals surface area (Å²) in [6.07, 6.45) is 1.01. The Morgan fingerprint density at radius 3 is 2.44 bits per heavy atom. The summed E-state index contributed by atoms with van der Waals surface area (Å²) in [5, 5.41) is 9.07. The fourth-order valence-electron chi connectivity index (χ4n) is 1.79. The number of nitriles is 1. The van der Waals surface area contributed by atoms with Crippen LogP contribution in [0.5, 0.6) is 11.5 Å². The van der Waals surface area contributed by atoms with Crippen LogP contribution in [0, 0.1) is 18.3 Å². The van der Waals surface area contributed by atoms with E-state index in [-0.39, 0.29) is 0 Å². The second-order valence-corrected chi connectivity index (χ2v) is 4.16. The van der Waals surface area contributed by atoms with Crippen molar-refractivity contribution in [1.29, 1.82) is 5.26 Å². The van der Waals surface area contributed by atoms with Gasteiger partial charge in [0, 0.05) is 0 Å². The quantitative estimate of drug-likeness (QED) is 0.800. The van der Waals surface area contributed by atoms with E-state index in [4.69, 9.17) is 10.00 Å². The molecule has 0 bridgehead atoms. The molecule has 2 aromatic rings. The van der Waals surface area contributed by atoms with E-state index in [1.807, 2.05) is 43.3 Å². The first kappa shape index (κ1) is 12.2. The van der Waals surface area contributed by atoms with Crippen LogP contribution in [-0.4, -0.2) is 0 Å². The lowest BCUT2D eigenvalue weighted by Crippen LogP contribution is -1.91. The van der Waals surface area contributed by atoms with Crippen LogP contribution < -0.4 is 4.74 Å². The Kier molecular flexibility index (Phi) is 3.64. The van der Waals surface area contributed by atoms with Crippen molar-refractivity contribution in [2.24, 2.45) is 0 Å². The van der Waals surface area contributed by atoms with Crippen LogP contribution >= 0.6 is 0 Å². The third-order valence-electron chi connectivity index (χ3n) is 2.88. The number of hydrogen-bond acceptors (Lipinski definition) is 2. The molecule has 0 aliphatic heterocycles. The van der Waals surface area contributed by atoms with Gasteiger partial charge in [0.15, 0.2) is 0 Å². The number of hydrogen-bond donors (Lipinski definition) is 0. The molecule has 0 atom stereocenters. The van der Waals surface area contributed by atoms with Gasteiger partial charge in [-0.25, -0.2) is 0 Å². The van der Waals surface area contributed by atoms with Gasteiger partial charge in [-0.15, -0.1) is 0 Å². The summed E-state index contributed by atoms with van der Waals surface area (Å²) in [5.74, 6) is 1.40. The minimum Gasteiger partial charge on any atom is -0.456 e. The molecule has 2 rings (SSSR count). The van der Waals surface area contributed by atoms with E-state index in [9.17, 15) is 0 Å². The SMILES string of the molecule is CCc1ccc(Oc2c(C)cccc2C#N)cc1. The molecule has 18 heavy (non-hydrogen) atoms. The highest BCUT2D eigenvalue weighted by Gasteiger charge is 2.07. The van der Waals surface area contributed by atoms with Gasteiger partial charge in [-0.1, -0.05) is 31.2 Å². The molecular weight excluding hydrogens is 222 g/mol. The van der Waals surface area contributed by atoms with Gasteiger partial charge in [-0.2, -0.15) is 5.26 Å². The largest absolute Gasteiger partial charge is 0.456 e. The number of aryl methyl sites for hydroxylation is 2. The molecule has 0 unspecified atom stereocenters. The van der Waals surface area contributed by atoms with E-state index in [0.717, 1.165) is 17.7 Å². The first-order valence-electron chi connectivity index (χ1n) is 6.01. The Labute approximate surface area is 107 Å². The molecule has 2 heteroatoms. The number of para-hydroxylation sites is 1. The molecule has 0 aliphatic carbocycles. The maximum absolute atomic E-state index is 9.07. The molecule has 2 nitrogen and oxygen atoms in total. The fourth-order valence-corrected chi connectivity index (χ4v) is 1.79. The van der Waals surface area contributed by atoms with Crippen molar-refractivity contribution in [1.82, 2.24) is 0 Å². The van der Waals surface area contributed by atoms with Crippen LogP contribution in [0.15, 0.2) is 42.5 Å². The normalized spacial score (nSPS) is 9.83. The molecule has 0 N–H and O–H groups in total. The van der Waals surface area contributed by atoms with Crippen LogP contribution in [-0.2, 0) is 6.42 Å². The zero-order valence-electron chi connectivity index (χ0n) is 10.6. The lowest BCUT2D eigenvalue weighted by atomic mass is 10.1. The van der Waals surface area contributed by atoms with Gasteiger partial charge >= 0.3 is 0 Å². The third-order valence-corrected chi connectivity index (χ3v) is 2.88. The summed E-state index contributed by atoms with van der Waals surface area (Å²) in [4.78, 5) is 0. The van der Waals surface area contributed by atoms with Crippen LogP contribution in [0.2, 0.25) is 0 Å².